The molecular formula is C16H17N3O2S. The predicted molar refractivity (Wildman–Crippen MR) is 86.0 cm³/mol. The summed E-state index contributed by atoms with van der Waals surface area (Å²) in [6.07, 6.45) is 1.62. The lowest BCUT2D eigenvalue weighted by Gasteiger charge is -2.09. The molecule has 2 N–H and O–H groups in total. The minimum atomic E-state index is -3.51. The molecule has 0 aliphatic carbocycles. The Morgan fingerprint density at radius 2 is 1.91 bits per heavy atom. The fourth-order valence-electron chi connectivity index (χ4n) is 2.24. The number of aromatic amines is 1. The maximum atomic E-state index is 12.4. The summed E-state index contributed by atoms with van der Waals surface area (Å²) in [4.78, 5) is 7.44. The number of aromatic nitrogens is 2. The molecule has 0 aliphatic heterocycles. The average molecular weight is 315 g/mol. The van der Waals surface area contributed by atoms with Gasteiger partial charge in [0.25, 0.3) is 0 Å². The summed E-state index contributed by atoms with van der Waals surface area (Å²) >= 11 is 0. The first kappa shape index (κ1) is 14.7. The van der Waals surface area contributed by atoms with Crippen LogP contribution in [-0.2, 0) is 16.6 Å². The van der Waals surface area contributed by atoms with E-state index in [4.69, 9.17) is 0 Å². The second-order valence-electron chi connectivity index (χ2n) is 5.32. The standard InChI is InChI=1S/C16H17N3O2S/c1-11-3-5-14(7-12(11)2)22(20,21)19-9-13-4-6-15-16(8-13)18-10-17-15/h3-8,10,19H,9H2,1-2H3,(H,17,18). The molecule has 0 atom stereocenters. The summed E-state index contributed by atoms with van der Waals surface area (Å²) in [5, 5.41) is 0. The van der Waals surface area contributed by atoms with E-state index in [9.17, 15) is 8.42 Å². The van der Waals surface area contributed by atoms with Gasteiger partial charge in [-0.1, -0.05) is 12.1 Å². The minimum absolute atomic E-state index is 0.240. The molecule has 0 saturated heterocycles. The Hall–Kier alpha value is -2.18. The second-order valence-corrected chi connectivity index (χ2v) is 7.09. The van der Waals surface area contributed by atoms with E-state index in [1.807, 2.05) is 38.1 Å². The number of sulfonamides is 1. The summed E-state index contributed by atoms with van der Waals surface area (Å²) in [5.41, 5.74) is 4.67. The Kier molecular flexibility index (Phi) is 3.72. The molecule has 0 amide bonds. The molecule has 0 unspecified atom stereocenters. The van der Waals surface area contributed by atoms with Crippen LogP contribution in [0.5, 0.6) is 0 Å². The number of hydrogen-bond donors (Lipinski definition) is 2. The zero-order valence-corrected chi connectivity index (χ0v) is 13.2. The van der Waals surface area contributed by atoms with Crippen molar-refractivity contribution in [1.29, 1.82) is 0 Å². The van der Waals surface area contributed by atoms with E-state index in [-0.39, 0.29) is 6.54 Å². The number of nitrogens with one attached hydrogen (secondary N) is 2. The van der Waals surface area contributed by atoms with Gasteiger partial charge >= 0.3 is 0 Å². The molecule has 0 fully saturated rings. The van der Waals surface area contributed by atoms with E-state index in [1.54, 1.807) is 18.5 Å². The second kappa shape index (κ2) is 5.55. The number of aryl methyl sites for hydroxylation is 2. The molecular weight excluding hydrogens is 298 g/mol. The van der Waals surface area contributed by atoms with Crippen molar-refractivity contribution in [2.24, 2.45) is 0 Å². The lowest BCUT2D eigenvalue weighted by atomic mass is 10.1. The molecule has 1 heterocycles. The largest absolute Gasteiger partial charge is 0.345 e. The third-order valence-corrected chi connectivity index (χ3v) is 5.14. The Balaban J connectivity index is 1.80. The van der Waals surface area contributed by atoms with E-state index in [0.717, 1.165) is 27.7 Å². The third-order valence-electron chi connectivity index (χ3n) is 3.74. The Morgan fingerprint density at radius 1 is 1.09 bits per heavy atom. The van der Waals surface area contributed by atoms with Crippen molar-refractivity contribution in [3.63, 3.8) is 0 Å². The number of fused-ring (bicyclic) bond motifs is 1. The zero-order chi connectivity index (χ0) is 15.7. The fourth-order valence-corrected chi connectivity index (χ4v) is 3.34. The first-order valence-electron chi connectivity index (χ1n) is 6.95. The van der Waals surface area contributed by atoms with Gasteiger partial charge in [0.05, 0.1) is 22.3 Å². The van der Waals surface area contributed by atoms with Gasteiger partial charge in [0.2, 0.25) is 10.0 Å². The Labute approximate surface area is 129 Å². The van der Waals surface area contributed by atoms with Crippen LogP contribution in [0.4, 0.5) is 0 Å². The molecule has 0 radical (unpaired) electrons. The number of H-pyrrole nitrogens is 1. The van der Waals surface area contributed by atoms with E-state index >= 15 is 0 Å². The molecule has 3 aromatic rings. The summed E-state index contributed by atoms with van der Waals surface area (Å²) < 4.78 is 27.3. The third kappa shape index (κ3) is 2.88. The highest BCUT2D eigenvalue weighted by atomic mass is 32.2. The average Bonchev–Trinajstić information content (AvgIpc) is 2.95. The van der Waals surface area contributed by atoms with Gasteiger partial charge in [0.15, 0.2) is 0 Å². The van der Waals surface area contributed by atoms with Gasteiger partial charge in [-0.2, -0.15) is 0 Å². The van der Waals surface area contributed by atoms with Gasteiger partial charge in [0.1, 0.15) is 0 Å². The van der Waals surface area contributed by atoms with Crippen molar-refractivity contribution in [2.75, 3.05) is 0 Å². The summed E-state index contributed by atoms with van der Waals surface area (Å²) in [6.45, 7) is 4.10. The fraction of sp³-hybridized carbons (Fsp3) is 0.188. The number of hydrogen-bond acceptors (Lipinski definition) is 3. The molecule has 0 saturated carbocycles. The summed E-state index contributed by atoms with van der Waals surface area (Å²) in [7, 11) is -3.51. The van der Waals surface area contributed by atoms with Crippen molar-refractivity contribution >= 4 is 21.1 Å². The molecule has 1 aromatic heterocycles. The molecule has 6 heteroatoms. The predicted octanol–water partition coefficient (Wildman–Crippen LogP) is 2.66. The van der Waals surface area contributed by atoms with Crippen molar-refractivity contribution in [2.45, 2.75) is 25.3 Å². The van der Waals surface area contributed by atoms with Gasteiger partial charge in [-0.05, 0) is 54.8 Å². The summed E-state index contributed by atoms with van der Waals surface area (Å²) in [6, 6.07) is 10.8. The van der Waals surface area contributed by atoms with Crippen LogP contribution in [0.1, 0.15) is 16.7 Å². The molecule has 0 spiro atoms. The zero-order valence-electron chi connectivity index (χ0n) is 12.4. The van der Waals surface area contributed by atoms with Crippen molar-refractivity contribution in [3.8, 4) is 0 Å². The van der Waals surface area contributed by atoms with Crippen LogP contribution < -0.4 is 4.72 Å². The van der Waals surface area contributed by atoms with Crippen LogP contribution >= 0.6 is 0 Å². The Morgan fingerprint density at radius 3 is 2.68 bits per heavy atom. The van der Waals surface area contributed by atoms with Crippen molar-refractivity contribution in [3.05, 3.63) is 59.4 Å². The van der Waals surface area contributed by atoms with Crippen LogP contribution in [0.3, 0.4) is 0 Å². The van der Waals surface area contributed by atoms with Crippen LogP contribution in [0.2, 0.25) is 0 Å². The smallest absolute Gasteiger partial charge is 0.240 e. The number of imidazole rings is 1. The molecule has 5 nitrogen and oxygen atoms in total. The van der Waals surface area contributed by atoms with Gasteiger partial charge in [-0.25, -0.2) is 18.1 Å². The first-order valence-corrected chi connectivity index (χ1v) is 8.43. The Bertz CT molecular complexity index is 929. The van der Waals surface area contributed by atoms with E-state index < -0.39 is 10.0 Å². The summed E-state index contributed by atoms with van der Waals surface area (Å²) in [5.74, 6) is 0. The lowest BCUT2D eigenvalue weighted by Crippen LogP contribution is -2.23. The quantitative estimate of drug-likeness (QED) is 0.777. The molecule has 0 bridgehead atoms. The van der Waals surface area contributed by atoms with Crippen molar-refractivity contribution in [1.82, 2.24) is 14.7 Å². The van der Waals surface area contributed by atoms with E-state index in [1.165, 1.54) is 0 Å². The normalized spacial score (nSPS) is 11.9. The minimum Gasteiger partial charge on any atom is -0.345 e. The van der Waals surface area contributed by atoms with E-state index in [2.05, 4.69) is 14.7 Å². The topological polar surface area (TPSA) is 74.8 Å². The van der Waals surface area contributed by atoms with Crippen molar-refractivity contribution < 1.29 is 8.42 Å². The van der Waals surface area contributed by atoms with Gasteiger partial charge in [-0.3, -0.25) is 0 Å². The highest BCUT2D eigenvalue weighted by molar-refractivity contribution is 7.89. The maximum absolute atomic E-state index is 12.4. The SMILES string of the molecule is Cc1ccc(S(=O)(=O)NCc2ccc3nc[nH]c3c2)cc1C. The lowest BCUT2D eigenvalue weighted by molar-refractivity contribution is 0.581. The molecule has 0 aliphatic rings. The molecule has 22 heavy (non-hydrogen) atoms. The highest BCUT2D eigenvalue weighted by Gasteiger charge is 2.14. The monoisotopic (exact) mass is 315 g/mol. The van der Waals surface area contributed by atoms with E-state index in [0.29, 0.717) is 4.90 Å². The number of rotatable bonds is 4. The van der Waals surface area contributed by atoms with Crippen LogP contribution in [0, 0.1) is 13.8 Å². The molecule has 3 rings (SSSR count). The number of benzene rings is 2. The molecule has 114 valence electrons. The van der Waals surface area contributed by atoms with Gasteiger partial charge < -0.3 is 4.98 Å². The van der Waals surface area contributed by atoms with Gasteiger partial charge in [0, 0.05) is 6.54 Å². The maximum Gasteiger partial charge on any atom is 0.240 e. The number of nitrogens with zero attached hydrogens (tertiary/aromatic N) is 1. The van der Waals surface area contributed by atoms with Crippen LogP contribution in [-0.4, -0.2) is 18.4 Å². The van der Waals surface area contributed by atoms with Gasteiger partial charge in [-0.15, -0.1) is 0 Å². The molecule has 2 aromatic carbocycles. The van der Waals surface area contributed by atoms with Crippen LogP contribution in [0.25, 0.3) is 11.0 Å². The highest BCUT2D eigenvalue weighted by Crippen LogP contribution is 2.16. The van der Waals surface area contributed by atoms with Crippen LogP contribution in [0.15, 0.2) is 47.6 Å². The first-order chi connectivity index (χ1) is 10.5.